The zero-order chi connectivity index (χ0) is 20.4. The number of H-pyrrole nitrogens is 1. The second kappa shape index (κ2) is 7.89. The van der Waals surface area contributed by atoms with Crippen molar-refractivity contribution in [1.82, 2.24) is 15.0 Å². The van der Waals surface area contributed by atoms with Crippen molar-refractivity contribution in [3.05, 3.63) is 88.1 Å². The Bertz CT molecular complexity index is 1250. The predicted molar refractivity (Wildman–Crippen MR) is 115 cm³/mol. The summed E-state index contributed by atoms with van der Waals surface area (Å²) in [6.07, 6.45) is 0. The van der Waals surface area contributed by atoms with E-state index in [1.54, 1.807) is 18.2 Å². The maximum absolute atomic E-state index is 12.6. The van der Waals surface area contributed by atoms with Gasteiger partial charge in [-0.2, -0.15) is 0 Å². The van der Waals surface area contributed by atoms with Crippen LogP contribution < -0.4 is 10.9 Å². The van der Waals surface area contributed by atoms with Crippen LogP contribution in [0, 0.1) is 13.8 Å². The number of fused-ring (bicyclic) bond motifs is 1. The maximum Gasteiger partial charge on any atom is 0.272 e. The van der Waals surface area contributed by atoms with Gasteiger partial charge in [-0.1, -0.05) is 18.2 Å². The molecule has 0 aliphatic carbocycles. The molecule has 2 aromatic heterocycles. The summed E-state index contributed by atoms with van der Waals surface area (Å²) in [5.41, 5.74) is 2.42. The number of rotatable bonds is 4. The highest BCUT2D eigenvalue weighted by atomic mass is 32.2. The lowest BCUT2D eigenvalue weighted by atomic mass is 10.1. The second-order valence-electron chi connectivity index (χ2n) is 6.61. The summed E-state index contributed by atoms with van der Waals surface area (Å²) in [5, 5.41) is 4.78. The van der Waals surface area contributed by atoms with E-state index >= 15 is 0 Å². The minimum Gasteiger partial charge on any atom is -0.321 e. The van der Waals surface area contributed by atoms with Crippen LogP contribution in [-0.2, 0) is 0 Å². The molecule has 0 fully saturated rings. The van der Waals surface area contributed by atoms with Crippen molar-refractivity contribution in [1.29, 1.82) is 0 Å². The van der Waals surface area contributed by atoms with Crippen LogP contribution in [0.1, 0.15) is 21.9 Å². The first-order chi connectivity index (χ1) is 14.0. The highest BCUT2D eigenvalue weighted by Gasteiger charge is 2.10. The first-order valence-corrected chi connectivity index (χ1v) is 9.83. The van der Waals surface area contributed by atoms with E-state index in [2.05, 4.69) is 20.3 Å². The van der Waals surface area contributed by atoms with Crippen molar-refractivity contribution in [2.24, 2.45) is 0 Å². The molecule has 6 nitrogen and oxygen atoms in total. The van der Waals surface area contributed by atoms with Gasteiger partial charge in [0.15, 0.2) is 5.16 Å². The number of carbonyl (C=O) groups is 1. The number of aromatic nitrogens is 3. The predicted octanol–water partition coefficient (Wildman–Crippen LogP) is 4.34. The first-order valence-electron chi connectivity index (χ1n) is 9.01. The Morgan fingerprint density at radius 2 is 1.66 bits per heavy atom. The topological polar surface area (TPSA) is 87.7 Å². The number of nitrogens with zero attached hydrogens (tertiary/aromatic N) is 2. The van der Waals surface area contributed by atoms with E-state index in [0.717, 1.165) is 21.7 Å². The van der Waals surface area contributed by atoms with Crippen molar-refractivity contribution in [3.8, 4) is 0 Å². The summed E-state index contributed by atoms with van der Waals surface area (Å²) in [4.78, 5) is 37.2. The van der Waals surface area contributed by atoms with Gasteiger partial charge in [-0.15, -0.1) is 0 Å². The number of carbonyl (C=O) groups excluding carboxylic acids is 1. The number of hydrogen-bond donors (Lipinski definition) is 2. The molecular formula is C22H18N4O2S. The fraction of sp³-hybridized carbons (Fsp3) is 0.0909. The average molecular weight is 402 g/mol. The average Bonchev–Trinajstić information content (AvgIpc) is 2.68. The van der Waals surface area contributed by atoms with Gasteiger partial charge in [0.25, 0.3) is 11.5 Å². The molecule has 4 aromatic rings. The van der Waals surface area contributed by atoms with Gasteiger partial charge >= 0.3 is 0 Å². The smallest absolute Gasteiger partial charge is 0.272 e. The fourth-order valence-electron chi connectivity index (χ4n) is 2.98. The number of aromatic amines is 1. The van der Waals surface area contributed by atoms with Gasteiger partial charge < -0.3 is 10.3 Å². The normalized spacial score (nSPS) is 10.8. The first kappa shape index (κ1) is 18.9. The summed E-state index contributed by atoms with van der Waals surface area (Å²) < 4.78 is 0. The maximum atomic E-state index is 12.6. The quantitative estimate of drug-likeness (QED) is 0.496. The zero-order valence-corrected chi connectivity index (χ0v) is 16.7. The van der Waals surface area contributed by atoms with E-state index < -0.39 is 0 Å². The molecule has 0 aliphatic rings. The largest absolute Gasteiger partial charge is 0.321 e. The van der Waals surface area contributed by atoms with E-state index in [1.165, 1.54) is 11.8 Å². The van der Waals surface area contributed by atoms with E-state index in [-0.39, 0.29) is 17.2 Å². The molecule has 29 heavy (non-hydrogen) atoms. The van der Waals surface area contributed by atoms with Crippen molar-refractivity contribution >= 4 is 34.1 Å². The standard InChI is InChI=1S/C22H18N4O2S/c1-13-11-14(2)24-22(23-13)29-17-9-7-16(8-10-17)25-21(28)19-12-15-5-3-4-6-18(15)20(27)26-19/h3-12H,1-2H3,(H,25,28)(H,26,27). The molecule has 4 rings (SSSR count). The Labute approximate surface area is 171 Å². The van der Waals surface area contributed by atoms with Gasteiger partial charge in [-0.05, 0) is 73.5 Å². The van der Waals surface area contributed by atoms with Crippen LogP contribution in [0.25, 0.3) is 10.8 Å². The van der Waals surface area contributed by atoms with Crippen molar-refractivity contribution in [2.45, 2.75) is 23.9 Å². The molecule has 0 saturated carbocycles. The van der Waals surface area contributed by atoms with Crippen molar-refractivity contribution in [3.63, 3.8) is 0 Å². The Kier molecular flexibility index (Phi) is 5.14. The minimum atomic E-state index is -0.370. The van der Waals surface area contributed by atoms with Gasteiger partial charge in [-0.3, -0.25) is 9.59 Å². The highest BCUT2D eigenvalue weighted by Crippen LogP contribution is 2.26. The number of pyridine rings is 1. The molecule has 0 spiro atoms. The minimum absolute atomic E-state index is 0.218. The summed E-state index contributed by atoms with van der Waals surface area (Å²) in [6.45, 7) is 3.88. The van der Waals surface area contributed by atoms with Crippen molar-refractivity contribution < 1.29 is 4.79 Å². The number of aryl methyl sites for hydroxylation is 2. The number of amides is 1. The summed E-state index contributed by atoms with van der Waals surface area (Å²) in [6, 6.07) is 18.2. The summed E-state index contributed by atoms with van der Waals surface area (Å²) >= 11 is 1.46. The number of anilines is 1. The van der Waals surface area contributed by atoms with E-state index in [0.29, 0.717) is 16.2 Å². The van der Waals surface area contributed by atoms with E-state index in [1.807, 2.05) is 56.3 Å². The molecule has 2 N–H and O–H groups in total. The molecule has 0 saturated heterocycles. The lowest BCUT2D eigenvalue weighted by Gasteiger charge is -2.07. The van der Waals surface area contributed by atoms with Gasteiger partial charge in [0, 0.05) is 27.4 Å². The van der Waals surface area contributed by atoms with E-state index in [9.17, 15) is 9.59 Å². The molecule has 0 unspecified atom stereocenters. The lowest BCUT2D eigenvalue weighted by molar-refractivity contribution is 0.102. The Morgan fingerprint density at radius 1 is 0.966 bits per heavy atom. The molecule has 7 heteroatoms. The molecule has 2 aromatic carbocycles. The number of benzene rings is 2. The lowest BCUT2D eigenvalue weighted by Crippen LogP contribution is -2.18. The molecule has 0 bridgehead atoms. The monoisotopic (exact) mass is 402 g/mol. The van der Waals surface area contributed by atoms with Crippen LogP contribution >= 0.6 is 11.8 Å². The van der Waals surface area contributed by atoms with Crippen LogP contribution in [0.3, 0.4) is 0 Å². The third-order valence-corrected chi connectivity index (χ3v) is 5.15. The van der Waals surface area contributed by atoms with Crippen LogP contribution in [0.15, 0.2) is 75.5 Å². The molecule has 0 atom stereocenters. The Morgan fingerprint density at radius 3 is 2.38 bits per heavy atom. The molecule has 2 heterocycles. The fourth-order valence-corrected chi connectivity index (χ4v) is 3.84. The third-order valence-electron chi connectivity index (χ3n) is 4.28. The van der Waals surface area contributed by atoms with Crippen LogP contribution in [0.5, 0.6) is 0 Å². The molecular weight excluding hydrogens is 384 g/mol. The second-order valence-corrected chi connectivity index (χ2v) is 7.65. The number of nitrogens with one attached hydrogen (secondary N) is 2. The van der Waals surface area contributed by atoms with Gasteiger partial charge in [-0.25, -0.2) is 9.97 Å². The molecule has 1 amide bonds. The SMILES string of the molecule is Cc1cc(C)nc(Sc2ccc(NC(=O)c3cc4ccccc4c(=O)[nH]3)cc2)n1. The third kappa shape index (κ3) is 4.35. The highest BCUT2D eigenvalue weighted by molar-refractivity contribution is 7.99. The van der Waals surface area contributed by atoms with Gasteiger partial charge in [0.05, 0.1) is 0 Å². The van der Waals surface area contributed by atoms with Crippen LogP contribution in [0.2, 0.25) is 0 Å². The molecule has 0 radical (unpaired) electrons. The van der Waals surface area contributed by atoms with Crippen LogP contribution in [-0.4, -0.2) is 20.9 Å². The Hall–Kier alpha value is -3.45. The molecule has 0 aliphatic heterocycles. The van der Waals surface area contributed by atoms with Crippen molar-refractivity contribution in [2.75, 3.05) is 5.32 Å². The van der Waals surface area contributed by atoms with Crippen LogP contribution in [0.4, 0.5) is 5.69 Å². The summed E-state index contributed by atoms with van der Waals surface area (Å²) in [5.74, 6) is -0.370. The Balaban J connectivity index is 1.50. The number of hydrogen-bond acceptors (Lipinski definition) is 5. The summed E-state index contributed by atoms with van der Waals surface area (Å²) in [7, 11) is 0. The van der Waals surface area contributed by atoms with Gasteiger partial charge in [0.1, 0.15) is 5.69 Å². The molecule has 144 valence electrons. The van der Waals surface area contributed by atoms with Gasteiger partial charge in [0.2, 0.25) is 0 Å². The zero-order valence-electron chi connectivity index (χ0n) is 15.9. The van der Waals surface area contributed by atoms with E-state index in [4.69, 9.17) is 0 Å².